The number of nitrogens with zero attached hydrogens (tertiary/aromatic N) is 2. The molecule has 1 unspecified atom stereocenters. The van der Waals surface area contributed by atoms with Crippen molar-refractivity contribution >= 4 is 40.0 Å². The lowest BCUT2D eigenvalue weighted by molar-refractivity contribution is -0.117. The molecular formula is C25H24FN3O3S. The molecule has 2 amide bonds. The molecule has 33 heavy (non-hydrogen) atoms. The van der Waals surface area contributed by atoms with Gasteiger partial charge in [-0.2, -0.15) is 0 Å². The Hall–Kier alpha value is -3.52. The minimum atomic E-state index is -0.510. The van der Waals surface area contributed by atoms with Crippen molar-refractivity contribution in [2.24, 2.45) is 5.92 Å². The van der Waals surface area contributed by atoms with Crippen molar-refractivity contribution in [2.75, 3.05) is 12.0 Å². The molecule has 8 heteroatoms. The Morgan fingerprint density at radius 3 is 2.58 bits per heavy atom. The summed E-state index contributed by atoms with van der Waals surface area (Å²) in [4.78, 5) is 30.4. The molecule has 0 spiro atoms. The monoisotopic (exact) mass is 465 g/mol. The van der Waals surface area contributed by atoms with Crippen LogP contribution in [0.15, 0.2) is 60.0 Å². The molecule has 1 fully saturated rings. The average molecular weight is 466 g/mol. The molecule has 6 nitrogen and oxygen atoms in total. The smallest absolute Gasteiger partial charge is 0.244 e. The molecule has 1 aliphatic carbocycles. The summed E-state index contributed by atoms with van der Waals surface area (Å²) in [5.41, 5.74) is 1.69. The summed E-state index contributed by atoms with van der Waals surface area (Å²) in [5.74, 6) is 0.105. The molecule has 0 saturated heterocycles. The van der Waals surface area contributed by atoms with Gasteiger partial charge in [0.05, 0.1) is 24.5 Å². The van der Waals surface area contributed by atoms with Crippen LogP contribution < -0.4 is 15.0 Å². The van der Waals surface area contributed by atoms with E-state index < -0.39 is 5.82 Å². The van der Waals surface area contributed by atoms with Gasteiger partial charge in [0, 0.05) is 18.4 Å². The maximum Gasteiger partial charge on any atom is 0.244 e. The van der Waals surface area contributed by atoms with Crippen molar-refractivity contribution in [2.45, 2.75) is 25.8 Å². The Kier molecular flexibility index (Phi) is 6.84. The predicted octanol–water partition coefficient (Wildman–Crippen LogP) is 5.26. The molecule has 1 atom stereocenters. The highest BCUT2D eigenvalue weighted by Gasteiger charge is 2.33. The number of carbonyl (C=O) groups excluding carboxylic acids is 2. The van der Waals surface area contributed by atoms with E-state index in [1.54, 1.807) is 30.7 Å². The van der Waals surface area contributed by atoms with E-state index in [4.69, 9.17) is 4.74 Å². The van der Waals surface area contributed by atoms with E-state index in [1.165, 1.54) is 41.4 Å². The second-order valence-corrected chi connectivity index (χ2v) is 8.63. The largest absolute Gasteiger partial charge is 0.497 e. The molecular weight excluding hydrogens is 441 g/mol. The standard InChI is InChI=1S/C25H24FN3O3S/c1-16(30)29(22-6-4-3-5-21(22)26)25-27-19(15-33-25)11-14-23(31)28-24(17-7-8-17)18-9-12-20(32-2)13-10-18/h3-6,9-15,17,24H,7-8H2,1-2H3,(H,28,31)/b14-11+. The van der Waals surface area contributed by atoms with E-state index >= 15 is 0 Å². The minimum absolute atomic E-state index is 0.0617. The number of halogens is 1. The first-order valence-electron chi connectivity index (χ1n) is 10.6. The van der Waals surface area contributed by atoms with Gasteiger partial charge in [0.1, 0.15) is 11.6 Å². The van der Waals surface area contributed by atoms with Crippen LogP contribution in [0.3, 0.4) is 0 Å². The second-order valence-electron chi connectivity index (χ2n) is 7.79. The number of rotatable bonds is 8. The van der Waals surface area contributed by atoms with Gasteiger partial charge in [-0.25, -0.2) is 9.37 Å². The number of benzene rings is 2. The highest BCUT2D eigenvalue weighted by atomic mass is 32.1. The van der Waals surface area contributed by atoms with Crippen LogP contribution in [0, 0.1) is 11.7 Å². The number of carbonyl (C=O) groups is 2. The van der Waals surface area contributed by atoms with Gasteiger partial charge in [-0.15, -0.1) is 11.3 Å². The van der Waals surface area contributed by atoms with Crippen molar-refractivity contribution in [1.29, 1.82) is 0 Å². The quantitative estimate of drug-likeness (QED) is 0.461. The molecule has 1 saturated carbocycles. The summed E-state index contributed by atoms with van der Waals surface area (Å²) in [7, 11) is 1.62. The Labute approximate surface area is 195 Å². The summed E-state index contributed by atoms with van der Waals surface area (Å²) in [6.45, 7) is 1.36. The normalized spacial score (nSPS) is 14.2. The molecule has 170 valence electrons. The van der Waals surface area contributed by atoms with Crippen LogP contribution in [-0.4, -0.2) is 23.9 Å². The molecule has 3 aromatic rings. The van der Waals surface area contributed by atoms with Crippen LogP contribution >= 0.6 is 11.3 Å². The molecule has 2 aromatic carbocycles. The van der Waals surface area contributed by atoms with Crippen LogP contribution in [0.5, 0.6) is 5.75 Å². The Balaban J connectivity index is 1.46. The van der Waals surface area contributed by atoms with Crippen LogP contribution in [0.1, 0.15) is 37.1 Å². The number of hydrogen-bond acceptors (Lipinski definition) is 5. The Bertz CT molecular complexity index is 1170. The van der Waals surface area contributed by atoms with E-state index in [1.807, 2.05) is 24.3 Å². The lowest BCUT2D eigenvalue weighted by Crippen LogP contribution is -2.28. The van der Waals surface area contributed by atoms with Gasteiger partial charge < -0.3 is 10.1 Å². The van der Waals surface area contributed by atoms with Gasteiger partial charge in [0.25, 0.3) is 0 Å². The molecule has 0 aliphatic heterocycles. The summed E-state index contributed by atoms with van der Waals surface area (Å²) >= 11 is 1.20. The number of ether oxygens (including phenoxy) is 1. The fraction of sp³-hybridized carbons (Fsp3) is 0.240. The summed E-state index contributed by atoms with van der Waals surface area (Å²) in [6, 6.07) is 13.7. The van der Waals surface area contributed by atoms with E-state index in [0.717, 1.165) is 24.2 Å². The maximum atomic E-state index is 14.2. The van der Waals surface area contributed by atoms with E-state index in [-0.39, 0.29) is 23.5 Å². The lowest BCUT2D eigenvalue weighted by atomic mass is 10.0. The number of thiazole rings is 1. The van der Waals surface area contributed by atoms with Gasteiger partial charge in [-0.1, -0.05) is 24.3 Å². The van der Waals surface area contributed by atoms with Crippen LogP contribution in [0.2, 0.25) is 0 Å². The first-order valence-corrected chi connectivity index (χ1v) is 11.5. The predicted molar refractivity (Wildman–Crippen MR) is 127 cm³/mol. The Morgan fingerprint density at radius 1 is 1.21 bits per heavy atom. The average Bonchev–Trinajstić information content (AvgIpc) is 3.55. The molecule has 1 aromatic heterocycles. The van der Waals surface area contributed by atoms with Crippen molar-refractivity contribution < 1.29 is 18.7 Å². The van der Waals surface area contributed by atoms with Gasteiger partial charge in [0.2, 0.25) is 11.8 Å². The lowest BCUT2D eigenvalue weighted by Gasteiger charge is -2.18. The fourth-order valence-electron chi connectivity index (χ4n) is 3.57. The van der Waals surface area contributed by atoms with E-state index in [9.17, 15) is 14.0 Å². The number of methoxy groups -OCH3 is 1. The zero-order chi connectivity index (χ0) is 23.4. The number of nitrogens with one attached hydrogen (secondary N) is 1. The van der Waals surface area contributed by atoms with Gasteiger partial charge in [0.15, 0.2) is 5.13 Å². The number of aromatic nitrogens is 1. The summed E-state index contributed by atoms with van der Waals surface area (Å²) in [5, 5.41) is 5.13. The minimum Gasteiger partial charge on any atom is -0.497 e. The zero-order valence-electron chi connectivity index (χ0n) is 18.3. The molecule has 0 bridgehead atoms. The number of para-hydroxylation sites is 1. The third kappa shape index (κ3) is 5.46. The van der Waals surface area contributed by atoms with Crippen molar-refractivity contribution in [3.63, 3.8) is 0 Å². The molecule has 1 N–H and O–H groups in total. The summed E-state index contributed by atoms with van der Waals surface area (Å²) < 4.78 is 19.4. The van der Waals surface area contributed by atoms with Crippen LogP contribution in [0.25, 0.3) is 6.08 Å². The molecule has 0 radical (unpaired) electrons. The van der Waals surface area contributed by atoms with Crippen LogP contribution in [0.4, 0.5) is 15.2 Å². The first kappa shape index (κ1) is 22.7. The Morgan fingerprint density at radius 2 is 1.94 bits per heavy atom. The highest BCUT2D eigenvalue weighted by Crippen LogP contribution is 2.41. The van der Waals surface area contributed by atoms with Gasteiger partial charge in [-0.3, -0.25) is 14.5 Å². The zero-order valence-corrected chi connectivity index (χ0v) is 19.1. The topological polar surface area (TPSA) is 71.5 Å². The van der Waals surface area contributed by atoms with Crippen molar-refractivity contribution in [3.8, 4) is 5.75 Å². The summed E-state index contributed by atoms with van der Waals surface area (Å²) in [6.07, 6.45) is 5.17. The van der Waals surface area contributed by atoms with Crippen molar-refractivity contribution in [1.82, 2.24) is 10.3 Å². The maximum absolute atomic E-state index is 14.2. The third-order valence-electron chi connectivity index (χ3n) is 5.38. The van der Waals surface area contributed by atoms with E-state index in [0.29, 0.717) is 16.7 Å². The number of anilines is 2. The van der Waals surface area contributed by atoms with Crippen LogP contribution in [-0.2, 0) is 9.59 Å². The first-order chi connectivity index (χ1) is 16.0. The second kappa shape index (κ2) is 9.95. The molecule has 4 rings (SSSR count). The highest BCUT2D eigenvalue weighted by molar-refractivity contribution is 7.14. The molecule has 1 heterocycles. The SMILES string of the molecule is COc1ccc(C(NC(=O)/C=C/c2csc(N(C(C)=O)c3ccccc3F)n2)C2CC2)cc1. The van der Waals surface area contributed by atoms with Gasteiger partial charge in [-0.05, 0) is 54.7 Å². The van der Waals surface area contributed by atoms with Gasteiger partial charge >= 0.3 is 0 Å². The van der Waals surface area contributed by atoms with E-state index in [2.05, 4.69) is 10.3 Å². The third-order valence-corrected chi connectivity index (χ3v) is 6.22. The fourth-order valence-corrected chi connectivity index (χ4v) is 4.42. The number of hydrogen-bond donors (Lipinski definition) is 1. The number of amides is 2. The van der Waals surface area contributed by atoms with Crippen molar-refractivity contribution in [3.05, 3.63) is 77.1 Å². The molecule has 1 aliphatic rings.